The van der Waals surface area contributed by atoms with Crippen LogP contribution in [0.3, 0.4) is 0 Å². The highest BCUT2D eigenvalue weighted by molar-refractivity contribution is 6.07. The molecule has 1 aliphatic rings. The van der Waals surface area contributed by atoms with Crippen molar-refractivity contribution >= 4 is 18.2 Å². The van der Waals surface area contributed by atoms with Gasteiger partial charge in [0.2, 0.25) is 0 Å². The van der Waals surface area contributed by atoms with Crippen molar-refractivity contribution in [3.63, 3.8) is 0 Å². The molecule has 1 atom stereocenters. The molecule has 3 amide bonds. The van der Waals surface area contributed by atoms with Gasteiger partial charge in [0.25, 0.3) is 5.91 Å². The van der Waals surface area contributed by atoms with Crippen molar-refractivity contribution < 1.29 is 9.59 Å². The number of hydrogen-bond acceptors (Lipinski definition) is 3. The molecule has 1 heterocycles. The van der Waals surface area contributed by atoms with E-state index in [0.29, 0.717) is 12.3 Å². The molecule has 0 aromatic heterocycles. The molecule has 2 aromatic carbocycles. The number of carbonyl (C=O) groups is 2. The standard InChI is InChI=1S/C21H23N3O2/c1-4-21(18-8-6-5-7-9-18)19(25)24(20(26)23-21)22-14-16-10-12-17(13-11-16)15(2)3/h5-15H,4H2,1-3H3,(H,23,26)/b22-14-/t21-/m1/s1. The third kappa shape index (κ3) is 3.12. The highest BCUT2D eigenvalue weighted by Gasteiger charge is 2.51. The summed E-state index contributed by atoms with van der Waals surface area (Å²) in [6.07, 6.45) is 2.00. The van der Waals surface area contributed by atoms with Crippen molar-refractivity contribution in [2.24, 2.45) is 5.10 Å². The zero-order valence-electron chi connectivity index (χ0n) is 15.3. The van der Waals surface area contributed by atoms with Gasteiger partial charge in [-0.25, -0.2) is 4.79 Å². The number of nitrogens with zero attached hydrogens (tertiary/aromatic N) is 2. The topological polar surface area (TPSA) is 61.8 Å². The minimum atomic E-state index is -1.06. The molecule has 2 aromatic rings. The Morgan fingerprint density at radius 3 is 2.31 bits per heavy atom. The van der Waals surface area contributed by atoms with Gasteiger partial charge >= 0.3 is 6.03 Å². The Balaban J connectivity index is 1.85. The molecule has 1 fully saturated rings. The van der Waals surface area contributed by atoms with Gasteiger partial charge in [0.1, 0.15) is 5.54 Å². The van der Waals surface area contributed by atoms with Crippen LogP contribution in [-0.4, -0.2) is 23.2 Å². The summed E-state index contributed by atoms with van der Waals surface area (Å²) in [4.78, 5) is 25.3. The lowest BCUT2D eigenvalue weighted by atomic mass is 9.87. The lowest BCUT2D eigenvalue weighted by Gasteiger charge is -2.24. The third-order valence-electron chi connectivity index (χ3n) is 4.79. The Hall–Kier alpha value is -2.95. The number of carbonyl (C=O) groups excluding carboxylic acids is 2. The molecule has 0 saturated carbocycles. The maximum Gasteiger partial charge on any atom is 0.346 e. The van der Waals surface area contributed by atoms with E-state index < -0.39 is 11.6 Å². The quantitative estimate of drug-likeness (QED) is 0.655. The van der Waals surface area contributed by atoms with E-state index in [1.165, 1.54) is 5.56 Å². The number of amides is 3. The first-order chi connectivity index (χ1) is 12.5. The molecule has 1 N–H and O–H groups in total. The van der Waals surface area contributed by atoms with Gasteiger partial charge in [-0.05, 0) is 29.0 Å². The fraction of sp³-hybridized carbons (Fsp3) is 0.286. The zero-order chi connectivity index (χ0) is 18.7. The van der Waals surface area contributed by atoms with Gasteiger partial charge in [0.05, 0.1) is 6.21 Å². The zero-order valence-corrected chi connectivity index (χ0v) is 15.3. The summed E-state index contributed by atoms with van der Waals surface area (Å²) in [7, 11) is 0. The van der Waals surface area contributed by atoms with Crippen LogP contribution in [0.5, 0.6) is 0 Å². The minimum Gasteiger partial charge on any atom is -0.318 e. The van der Waals surface area contributed by atoms with Crippen LogP contribution in [0.1, 0.15) is 49.8 Å². The third-order valence-corrected chi connectivity index (χ3v) is 4.79. The molecular formula is C21H23N3O2. The first-order valence-electron chi connectivity index (χ1n) is 8.84. The fourth-order valence-corrected chi connectivity index (χ4v) is 3.12. The maximum absolute atomic E-state index is 13.0. The van der Waals surface area contributed by atoms with E-state index in [0.717, 1.165) is 16.1 Å². The van der Waals surface area contributed by atoms with E-state index in [1.807, 2.05) is 61.5 Å². The lowest BCUT2D eigenvalue weighted by Crippen LogP contribution is -2.43. The fourth-order valence-electron chi connectivity index (χ4n) is 3.12. The van der Waals surface area contributed by atoms with Crippen LogP contribution in [0.25, 0.3) is 0 Å². The Morgan fingerprint density at radius 2 is 1.73 bits per heavy atom. The minimum absolute atomic E-state index is 0.355. The Kier molecular flexibility index (Phi) is 4.89. The van der Waals surface area contributed by atoms with Crippen molar-refractivity contribution in [1.29, 1.82) is 0 Å². The number of rotatable bonds is 5. The Labute approximate surface area is 153 Å². The van der Waals surface area contributed by atoms with Crippen LogP contribution in [0, 0.1) is 0 Å². The first kappa shape index (κ1) is 17.9. The molecule has 0 aliphatic carbocycles. The highest BCUT2D eigenvalue weighted by atomic mass is 16.2. The lowest BCUT2D eigenvalue weighted by molar-refractivity contribution is -0.131. The monoisotopic (exact) mass is 349 g/mol. The van der Waals surface area contributed by atoms with Crippen LogP contribution < -0.4 is 5.32 Å². The molecule has 1 aliphatic heterocycles. The van der Waals surface area contributed by atoms with Crippen LogP contribution in [0.2, 0.25) is 0 Å². The van der Waals surface area contributed by atoms with Crippen LogP contribution in [-0.2, 0) is 10.3 Å². The summed E-state index contributed by atoms with van der Waals surface area (Å²) in [5.74, 6) is 0.0919. The summed E-state index contributed by atoms with van der Waals surface area (Å²) < 4.78 is 0. The second-order valence-corrected chi connectivity index (χ2v) is 6.74. The highest BCUT2D eigenvalue weighted by Crippen LogP contribution is 2.32. The van der Waals surface area contributed by atoms with E-state index in [1.54, 1.807) is 6.21 Å². The molecule has 3 rings (SSSR count). The molecule has 0 unspecified atom stereocenters. The first-order valence-corrected chi connectivity index (χ1v) is 8.84. The van der Waals surface area contributed by atoms with Gasteiger partial charge in [0.15, 0.2) is 0 Å². The van der Waals surface area contributed by atoms with Crippen LogP contribution in [0.4, 0.5) is 4.79 Å². The predicted octanol–water partition coefficient (Wildman–Crippen LogP) is 4.00. The van der Waals surface area contributed by atoms with Gasteiger partial charge in [-0.1, -0.05) is 75.4 Å². The number of urea groups is 1. The predicted molar refractivity (Wildman–Crippen MR) is 102 cm³/mol. The number of hydrogen-bond donors (Lipinski definition) is 1. The molecule has 26 heavy (non-hydrogen) atoms. The van der Waals surface area contributed by atoms with E-state index in [4.69, 9.17) is 0 Å². The van der Waals surface area contributed by atoms with Crippen LogP contribution in [0.15, 0.2) is 59.7 Å². The largest absolute Gasteiger partial charge is 0.346 e. The molecule has 0 spiro atoms. The van der Waals surface area contributed by atoms with E-state index >= 15 is 0 Å². The SMILES string of the molecule is CC[C@]1(c2ccccc2)NC(=O)N(/N=C\c2ccc(C(C)C)cc2)C1=O. The average Bonchev–Trinajstić information content (AvgIpc) is 2.91. The molecular weight excluding hydrogens is 326 g/mol. The Bertz CT molecular complexity index is 828. The van der Waals surface area contributed by atoms with Crippen molar-refractivity contribution in [3.8, 4) is 0 Å². The number of imide groups is 1. The van der Waals surface area contributed by atoms with Gasteiger partial charge in [-0.15, -0.1) is 5.01 Å². The van der Waals surface area contributed by atoms with Crippen molar-refractivity contribution in [2.75, 3.05) is 0 Å². The van der Waals surface area contributed by atoms with E-state index in [-0.39, 0.29) is 5.91 Å². The van der Waals surface area contributed by atoms with Gasteiger partial charge in [0, 0.05) is 0 Å². The van der Waals surface area contributed by atoms with Crippen molar-refractivity contribution in [2.45, 2.75) is 38.6 Å². The number of nitrogens with one attached hydrogen (secondary N) is 1. The maximum atomic E-state index is 13.0. The molecule has 1 saturated heterocycles. The number of benzene rings is 2. The molecule has 5 heteroatoms. The van der Waals surface area contributed by atoms with Gasteiger partial charge in [-0.3, -0.25) is 4.79 Å². The molecule has 5 nitrogen and oxygen atoms in total. The number of hydrazone groups is 1. The van der Waals surface area contributed by atoms with E-state index in [2.05, 4.69) is 24.3 Å². The molecule has 0 bridgehead atoms. The Morgan fingerprint density at radius 1 is 1.08 bits per heavy atom. The van der Waals surface area contributed by atoms with Crippen molar-refractivity contribution in [3.05, 3.63) is 71.3 Å². The molecule has 0 radical (unpaired) electrons. The van der Waals surface area contributed by atoms with Crippen LogP contribution >= 0.6 is 0 Å². The van der Waals surface area contributed by atoms with Gasteiger partial charge < -0.3 is 5.32 Å². The van der Waals surface area contributed by atoms with E-state index in [9.17, 15) is 9.59 Å². The summed E-state index contributed by atoms with van der Waals surface area (Å²) >= 11 is 0. The van der Waals surface area contributed by atoms with Crippen molar-refractivity contribution in [1.82, 2.24) is 10.3 Å². The molecule has 134 valence electrons. The normalized spacial score (nSPS) is 20.2. The summed E-state index contributed by atoms with van der Waals surface area (Å²) in [6.45, 7) is 6.14. The summed E-state index contributed by atoms with van der Waals surface area (Å²) in [5.41, 5.74) is 1.77. The van der Waals surface area contributed by atoms with Gasteiger partial charge in [-0.2, -0.15) is 5.10 Å². The summed E-state index contributed by atoms with van der Waals surface area (Å²) in [6, 6.07) is 16.7. The summed E-state index contributed by atoms with van der Waals surface area (Å²) in [5, 5.41) is 7.89. The average molecular weight is 349 g/mol. The second kappa shape index (κ2) is 7.12. The second-order valence-electron chi connectivity index (χ2n) is 6.74. The smallest absolute Gasteiger partial charge is 0.318 e.